The number of hydrogen-bond donors (Lipinski definition) is 3. The fourth-order valence-corrected chi connectivity index (χ4v) is 3.43. The summed E-state index contributed by atoms with van der Waals surface area (Å²) in [5, 5.41) is 13.8. The SMILES string of the molecule is COc1cc(Cl)cc(C(=O)Nc2ccc(I)cn2)c1NC(=O)c1ccc(C(=N)N(C)C)cc1. The van der Waals surface area contributed by atoms with E-state index in [9.17, 15) is 9.59 Å². The molecule has 0 saturated carbocycles. The van der Waals surface area contributed by atoms with Gasteiger partial charge in [0.2, 0.25) is 0 Å². The fourth-order valence-electron chi connectivity index (χ4n) is 2.91. The van der Waals surface area contributed by atoms with Crippen molar-refractivity contribution in [2.45, 2.75) is 0 Å². The van der Waals surface area contributed by atoms with Gasteiger partial charge in [-0.05, 0) is 52.9 Å². The third kappa shape index (κ3) is 5.99. The zero-order chi connectivity index (χ0) is 24.1. The van der Waals surface area contributed by atoms with Crippen molar-refractivity contribution < 1.29 is 14.3 Å². The summed E-state index contributed by atoms with van der Waals surface area (Å²) in [4.78, 5) is 31.8. The van der Waals surface area contributed by atoms with Gasteiger partial charge in [0.15, 0.2) is 0 Å². The molecule has 0 bridgehead atoms. The quantitative estimate of drug-likeness (QED) is 0.223. The van der Waals surface area contributed by atoms with Crippen LogP contribution in [0, 0.1) is 8.98 Å². The van der Waals surface area contributed by atoms with Gasteiger partial charge in [-0.3, -0.25) is 15.0 Å². The number of anilines is 2. The van der Waals surface area contributed by atoms with E-state index < -0.39 is 11.8 Å². The Morgan fingerprint density at radius 2 is 1.70 bits per heavy atom. The number of aromatic nitrogens is 1. The second kappa shape index (κ2) is 10.6. The maximum absolute atomic E-state index is 13.0. The Kier molecular flexibility index (Phi) is 7.88. The maximum atomic E-state index is 13.0. The smallest absolute Gasteiger partial charge is 0.259 e. The standard InChI is InChI=1S/C23H21ClIN5O3/c1-30(2)21(26)13-4-6-14(7-5-13)22(31)29-20-17(10-15(24)11-18(20)33-3)23(32)28-19-9-8-16(25)12-27-19/h4-12,26H,1-3H3,(H,29,31)(H,27,28,32). The number of amidine groups is 1. The van der Waals surface area contributed by atoms with Gasteiger partial charge >= 0.3 is 0 Å². The van der Waals surface area contributed by atoms with Crippen molar-refractivity contribution in [3.05, 3.63) is 80.0 Å². The van der Waals surface area contributed by atoms with Gasteiger partial charge in [0, 0.05) is 46.1 Å². The summed E-state index contributed by atoms with van der Waals surface area (Å²) >= 11 is 8.30. The molecule has 10 heteroatoms. The zero-order valence-corrected chi connectivity index (χ0v) is 21.0. The molecule has 0 aliphatic heterocycles. The van der Waals surface area contributed by atoms with Crippen LogP contribution in [-0.4, -0.2) is 48.7 Å². The molecule has 2 amide bonds. The summed E-state index contributed by atoms with van der Waals surface area (Å²) in [6, 6.07) is 13.0. The lowest BCUT2D eigenvalue weighted by molar-refractivity contribution is 0.102. The number of nitrogens with one attached hydrogen (secondary N) is 3. The Hall–Kier alpha value is -3.18. The number of nitrogens with zero attached hydrogens (tertiary/aromatic N) is 2. The molecule has 0 aliphatic carbocycles. The first-order valence-electron chi connectivity index (χ1n) is 9.67. The summed E-state index contributed by atoms with van der Waals surface area (Å²) in [7, 11) is 4.97. The number of rotatable bonds is 6. The van der Waals surface area contributed by atoms with Crippen molar-refractivity contribution in [1.82, 2.24) is 9.88 Å². The molecule has 3 rings (SSSR count). The normalized spacial score (nSPS) is 10.3. The van der Waals surface area contributed by atoms with Gasteiger partial charge in [-0.25, -0.2) is 4.98 Å². The van der Waals surface area contributed by atoms with Crippen LogP contribution in [0.2, 0.25) is 5.02 Å². The average molecular weight is 578 g/mol. The number of amides is 2. The van der Waals surface area contributed by atoms with Crippen LogP contribution in [0.15, 0.2) is 54.7 Å². The monoisotopic (exact) mass is 577 g/mol. The Bertz CT molecular complexity index is 1200. The Balaban J connectivity index is 1.90. The number of benzene rings is 2. The van der Waals surface area contributed by atoms with E-state index in [1.165, 1.54) is 19.2 Å². The molecule has 3 N–H and O–H groups in total. The van der Waals surface area contributed by atoms with Gasteiger partial charge in [-0.15, -0.1) is 0 Å². The van der Waals surface area contributed by atoms with E-state index in [0.29, 0.717) is 22.8 Å². The Labute approximate surface area is 210 Å². The number of hydrogen-bond acceptors (Lipinski definition) is 5. The van der Waals surface area contributed by atoms with Crippen LogP contribution in [0.4, 0.5) is 11.5 Å². The topological polar surface area (TPSA) is 107 Å². The molecule has 170 valence electrons. The third-order valence-corrected chi connectivity index (χ3v) is 5.46. The van der Waals surface area contributed by atoms with Gasteiger partial charge in [0.1, 0.15) is 17.4 Å². The molecule has 0 fully saturated rings. The predicted octanol–water partition coefficient (Wildman–Crippen LogP) is 4.74. The van der Waals surface area contributed by atoms with E-state index in [1.54, 1.807) is 55.5 Å². The fraction of sp³-hybridized carbons (Fsp3) is 0.130. The first kappa shape index (κ1) is 24.5. The molecule has 0 unspecified atom stereocenters. The number of methoxy groups -OCH3 is 1. The van der Waals surface area contributed by atoms with E-state index in [4.69, 9.17) is 21.7 Å². The van der Waals surface area contributed by atoms with E-state index >= 15 is 0 Å². The Morgan fingerprint density at radius 3 is 2.27 bits per heavy atom. The molecule has 0 spiro atoms. The second-order valence-electron chi connectivity index (χ2n) is 7.12. The highest BCUT2D eigenvalue weighted by molar-refractivity contribution is 14.1. The van der Waals surface area contributed by atoms with Gasteiger partial charge in [0.25, 0.3) is 11.8 Å². The number of pyridine rings is 1. The van der Waals surface area contributed by atoms with Gasteiger partial charge in [-0.2, -0.15) is 0 Å². The van der Waals surface area contributed by atoms with Crippen LogP contribution < -0.4 is 15.4 Å². The van der Waals surface area contributed by atoms with E-state index in [-0.39, 0.29) is 22.0 Å². The lowest BCUT2D eigenvalue weighted by Gasteiger charge is -2.16. The van der Waals surface area contributed by atoms with Gasteiger partial charge in [0.05, 0.1) is 18.4 Å². The van der Waals surface area contributed by atoms with E-state index in [1.807, 2.05) is 6.07 Å². The molecular weight excluding hydrogens is 557 g/mol. The lowest BCUT2D eigenvalue weighted by Crippen LogP contribution is -2.22. The average Bonchev–Trinajstić information content (AvgIpc) is 2.80. The summed E-state index contributed by atoms with van der Waals surface area (Å²) in [6.45, 7) is 0. The van der Waals surface area contributed by atoms with Gasteiger partial charge in [-0.1, -0.05) is 23.7 Å². The second-order valence-corrected chi connectivity index (χ2v) is 8.80. The van der Waals surface area contributed by atoms with Crippen LogP contribution in [-0.2, 0) is 0 Å². The minimum atomic E-state index is -0.505. The molecule has 0 saturated heterocycles. The van der Waals surface area contributed by atoms with E-state index in [0.717, 1.165) is 3.57 Å². The molecule has 1 heterocycles. The molecule has 2 aromatic carbocycles. The van der Waals surface area contributed by atoms with Crippen molar-refractivity contribution in [1.29, 1.82) is 5.41 Å². The molecule has 33 heavy (non-hydrogen) atoms. The van der Waals surface area contributed by atoms with Crippen LogP contribution >= 0.6 is 34.2 Å². The summed E-state index contributed by atoms with van der Waals surface area (Å²) in [5.41, 5.74) is 1.33. The zero-order valence-electron chi connectivity index (χ0n) is 18.1. The van der Waals surface area contributed by atoms with Crippen LogP contribution in [0.5, 0.6) is 5.75 Å². The highest BCUT2D eigenvalue weighted by atomic mass is 127. The molecule has 8 nitrogen and oxygen atoms in total. The van der Waals surface area contributed by atoms with Crippen LogP contribution in [0.25, 0.3) is 0 Å². The summed E-state index contributed by atoms with van der Waals surface area (Å²) < 4.78 is 6.29. The highest BCUT2D eigenvalue weighted by Gasteiger charge is 2.21. The van der Waals surface area contributed by atoms with Gasteiger partial charge < -0.3 is 20.3 Å². The Morgan fingerprint density at radius 1 is 1.03 bits per heavy atom. The lowest BCUT2D eigenvalue weighted by atomic mass is 10.1. The molecule has 0 radical (unpaired) electrons. The number of halogens is 2. The first-order valence-corrected chi connectivity index (χ1v) is 11.1. The first-order chi connectivity index (χ1) is 15.7. The minimum Gasteiger partial charge on any atom is -0.494 e. The molecule has 3 aromatic rings. The summed E-state index contributed by atoms with van der Waals surface area (Å²) in [5.74, 6) is -0.0304. The van der Waals surface area contributed by atoms with E-state index in [2.05, 4.69) is 38.2 Å². The molecule has 0 atom stereocenters. The van der Waals surface area contributed by atoms with Crippen molar-refractivity contribution in [2.24, 2.45) is 0 Å². The van der Waals surface area contributed by atoms with Crippen molar-refractivity contribution in [2.75, 3.05) is 31.8 Å². The van der Waals surface area contributed by atoms with Crippen molar-refractivity contribution >= 4 is 63.3 Å². The maximum Gasteiger partial charge on any atom is 0.259 e. The molecule has 0 aliphatic rings. The highest BCUT2D eigenvalue weighted by Crippen LogP contribution is 2.33. The minimum absolute atomic E-state index is 0.124. The number of carbonyl (C=O) groups excluding carboxylic acids is 2. The van der Waals surface area contributed by atoms with Crippen molar-refractivity contribution in [3.63, 3.8) is 0 Å². The molecular formula is C23H21ClIN5O3. The van der Waals surface area contributed by atoms with Crippen molar-refractivity contribution in [3.8, 4) is 5.75 Å². The van der Waals surface area contributed by atoms with Crippen LogP contribution in [0.3, 0.4) is 0 Å². The number of carbonyl (C=O) groups is 2. The predicted molar refractivity (Wildman–Crippen MR) is 138 cm³/mol. The largest absolute Gasteiger partial charge is 0.494 e. The molecule has 1 aromatic heterocycles. The van der Waals surface area contributed by atoms with Crippen LogP contribution in [0.1, 0.15) is 26.3 Å². The third-order valence-electron chi connectivity index (χ3n) is 4.61. The summed E-state index contributed by atoms with van der Waals surface area (Å²) in [6.07, 6.45) is 1.62. The number of ether oxygens (including phenoxy) is 1.